The molecule has 0 heterocycles. The summed E-state index contributed by atoms with van der Waals surface area (Å²) in [4.78, 5) is 10.4. The maximum absolute atomic E-state index is 10.4. The quantitative estimate of drug-likeness (QED) is 0.644. The molecule has 0 aromatic heterocycles. The summed E-state index contributed by atoms with van der Waals surface area (Å²) in [5.41, 5.74) is 0.329. The summed E-state index contributed by atoms with van der Waals surface area (Å²) in [6, 6.07) is 0. The van der Waals surface area contributed by atoms with Gasteiger partial charge >= 0.3 is 5.97 Å². The van der Waals surface area contributed by atoms with Crippen LogP contribution in [0.2, 0.25) is 0 Å². The Labute approximate surface area is 80.7 Å². The van der Waals surface area contributed by atoms with Crippen LogP contribution < -0.4 is 0 Å². The molecule has 0 rings (SSSR count). The third-order valence-corrected chi connectivity index (χ3v) is 2.12. The van der Waals surface area contributed by atoms with Gasteiger partial charge in [0.2, 0.25) is 0 Å². The lowest BCUT2D eigenvalue weighted by molar-refractivity contribution is -0.132. The van der Waals surface area contributed by atoms with Crippen molar-refractivity contribution < 1.29 is 9.90 Å². The lowest BCUT2D eigenvalue weighted by Crippen LogP contribution is -2.04. The number of hydrogen-bond acceptors (Lipinski definition) is 1. The van der Waals surface area contributed by atoms with Crippen molar-refractivity contribution in [2.75, 3.05) is 0 Å². The van der Waals surface area contributed by atoms with Crippen molar-refractivity contribution in [1.29, 1.82) is 0 Å². The average Bonchev–Trinajstić information content (AvgIpc) is 1.98. The zero-order valence-electron chi connectivity index (χ0n) is 8.84. The second kappa shape index (κ2) is 5.79. The summed E-state index contributed by atoms with van der Waals surface area (Å²) in [5.74, 6) is 0.418. The molecule has 0 amide bonds. The fourth-order valence-corrected chi connectivity index (χ4v) is 1.45. The lowest BCUT2D eigenvalue weighted by Gasteiger charge is -2.13. The van der Waals surface area contributed by atoms with Crippen molar-refractivity contribution in [2.45, 2.75) is 40.0 Å². The zero-order valence-corrected chi connectivity index (χ0v) is 8.84. The van der Waals surface area contributed by atoms with E-state index in [9.17, 15) is 4.79 Å². The van der Waals surface area contributed by atoms with Gasteiger partial charge in [0.05, 0.1) is 0 Å². The Bertz CT molecular complexity index is 183. The fraction of sp³-hybridized carbons (Fsp3) is 0.727. The van der Waals surface area contributed by atoms with Gasteiger partial charge in [-0.3, -0.25) is 0 Å². The first-order valence-electron chi connectivity index (χ1n) is 4.84. The first kappa shape index (κ1) is 12.2. The molecule has 76 valence electrons. The Balaban J connectivity index is 3.64. The van der Waals surface area contributed by atoms with E-state index in [-0.39, 0.29) is 0 Å². The molecule has 1 unspecified atom stereocenters. The molecule has 0 bridgehead atoms. The van der Waals surface area contributed by atoms with Crippen molar-refractivity contribution in [2.24, 2.45) is 11.8 Å². The highest BCUT2D eigenvalue weighted by Crippen LogP contribution is 2.18. The summed E-state index contributed by atoms with van der Waals surface area (Å²) >= 11 is 0. The molecule has 0 aliphatic rings. The highest BCUT2D eigenvalue weighted by Gasteiger charge is 2.08. The maximum atomic E-state index is 10.4. The van der Waals surface area contributed by atoms with Crippen LogP contribution in [0.15, 0.2) is 12.2 Å². The molecule has 0 aliphatic heterocycles. The summed E-state index contributed by atoms with van der Waals surface area (Å²) in [6.45, 7) is 10.0. The van der Waals surface area contributed by atoms with E-state index >= 15 is 0 Å². The van der Waals surface area contributed by atoms with E-state index in [4.69, 9.17) is 5.11 Å². The number of rotatable bonds is 6. The molecule has 0 aromatic carbocycles. The third-order valence-electron chi connectivity index (χ3n) is 2.12. The van der Waals surface area contributed by atoms with E-state index in [1.54, 1.807) is 0 Å². The minimum Gasteiger partial charge on any atom is -0.478 e. The lowest BCUT2D eigenvalue weighted by atomic mass is 9.93. The highest BCUT2D eigenvalue weighted by atomic mass is 16.4. The summed E-state index contributed by atoms with van der Waals surface area (Å²) in [7, 11) is 0. The number of carboxylic acids is 1. The molecule has 0 radical (unpaired) electrons. The molecular formula is C11H20O2. The number of carboxylic acid groups (broad SMARTS) is 1. The molecule has 1 atom stereocenters. The third kappa shape index (κ3) is 6.38. The first-order valence-corrected chi connectivity index (χ1v) is 4.84. The SMILES string of the molecule is C=C(CCC(C)CC(C)C)C(=O)O. The maximum Gasteiger partial charge on any atom is 0.330 e. The van der Waals surface area contributed by atoms with Gasteiger partial charge in [-0.2, -0.15) is 0 Å². The van der Waals surface area contributed by atoms with Crippen LogP contribution in [0.25, 0.3) is 0 Å². The second-order valence-electron chi connectivity index (χ2n) is 4.18. The van der Waals surface area contributed by atoms with Gasteiger partial charge in [0.25, 0.3) is 0 Å². The molecule has 0 aromatic rings. The predicted molar refractivity (Wildman–Crippen MR) is 54.6 cm³/mol. The number of carbonyl (C=O) groups is 1. The van der Waals surface area contributed by atoms with Gasteiger partial charge in [0.15, 0.2) is 0 Å². The van der Waals surface area contributed by atoms with Gasteiger partial charge in [-0.15, -0.1) is 0 Å². The molecule has 1 N–H and O–H groups in total. The van der Waals surface area contributed by atoms with Gasteiger partial charge in [-0.25, -0.2) is 4.79 Å². The molecule has 0 saturated carbocycles. The Morgan fingerprint density at radius 2 is 1.92 bits per heavy atom. The largest absolute Gasteiger partial charge is 0.478 e. The number of hydrogen-bond donors (Lipinski definition) is 1. The Kier molecular flexibility index (Phi) is 5.44. The Hall–Kier alpha value is -0.790. The molecule has 0 saturated heterocycles. The van der Waals surface area contributed by atoms with Crippen molar-refractivity contribution in [3.05, 3.63) is 12.2 Å². The van der Waals surface area contributed by atoms with Crippen LogP contribution in [-0.4, -0.2) is 11.1 Å². The van der Waals surface area contributed by atoms with E-state index < -0.39 is 5.97 Å². The van der Waals surface area contributed by atoms with E-state index in [0.29, 0.717) is 23.8 Å². The van der Waals surface area contributed by atoms with E-state index in [2.05, 4.69) is 27.4 Å². The smallest absolute Gasteiger partial charge is 0.330 e. The average molecular weight is 184 g/mol. The van der Waals surface area contributed by atoms with E-state index in [1.165, 1.54) is 0 Å². The first-order chi connectivity index (χ1) is 5.93. The van der Waals surface area contributed by atoms with Gasteiger partial charge in [-0.1, -0.05) is 27.4 Å². The molecule has 13 heavy (non-hydrogen) atoms. The Morgan fingerprint density at radius 3 is 2.31 bits per heavy atom. The van der Waals surface area contributed by atoms with Crippen molar-refractivity contribution in [3.63, 3.8) is 0 Å². The van der Waals surface area contributed by atoms with Gasteiger partial charge in [0.1, 0.15) is 0 Å². The van der Waals surface area contributed by atoms with Gasteiger partial charge in [0, 0.05) is 5.57 Å². The van der Waals surface area contributed by atoms with E-state index in [1.807, 2.05) is 0 Å². The summed E-state index contributed by atoms with van der Waals surface area (Å²) in [6.07, 6.45) is 2.71. The van der Waals surface area contributed by atoms with Crippen LogP contribution in [-0.2, 0) is 4.79 Å². The van der Waals surface area contributed by atoms with Crippen molar-refractivity contribution in [3.8, 4) is 0 Å². The second-order valence-corrected chi connectivity index (χ2v) is 4.18. The normalized spacial score (nSPS) is 12.9. The van der Waals surface area contributed by atoms with Crippen molar-refractivity contribution in [1.82, 2.24) is 0 Å². The predicted octanol–water partition coefficient (Wildman–Crippen LogP) is 3.09. The Morgan fingerprint density at radius 1 is 1.38 bits per heavy atom. The van der Waals surface area contributed by atoms with Crippen LogP contribution in [0, 0.1) is 11.8 Å². The van der Waals surface area contributed by atoms with Crippen LogP contribution in [0.4, 0.5) is 0 Å². The summed E-state index contributed by atoms with van der Waals surface area (Å²) < 4.78 is 0. The molecule has 2 heteroatoms. The van der Waals surface area contributed by atoms with Gasteiger partial charge in [-0.05, 0) is 31.1 Å². The van der Waals surface area contributed by atoms with E-state index in [0.717, 1.165) is 12.8 Å². The highest BCUT2D eigenvalue weighted by molar-refractivity contribution is 5.85. The number of aliphatic carboxylic acids is 1. The monoisotopic (exact) mass is 184 g/mol. The molecule has 2 nitrogen and oxygen atoms in total. The molecular weight excluding hydrogens is 164 g/mol. The minimum absolute atomic E-state index is 0.329. The van der Waals surface area contributed by atoms with Crippen LogP contribution in [0.5, 0.6) is 0 Å². The van der Waals surface area contributed by atoms with Crippen LogP contribution >= 0.6 is 0 Å². The zero-order chi connectivity index (χ0) is 10.4. The van der Waals surface area contributed by atoms with Gasteiger partial charge < -0.3 is 5.11 Å². The van der Waals surface area contributed by atoms with Crippen molar-refractivity contribution >= 4 is 5.97 Å². The molecule has 0 spiro atoms. The topological polar surface area (TPSA) is 37.3 Å². The van der Waals surface area contributed by atoms with Crippen LogP contribution in [0.1, 0.15) is 40.0 Å². The molecule has 0 aliphatic carbocycles. The fourth-order valence-electron chi connectivity index (χ4n) is 1.45. The van der Waals surface area contributed by atoms with Crippen LogP contribution in [0.3, 0.4) is 0 Å². The molecule has 0 fully saturated rings. The standard InChI is InChI=1S/C11H20O2/c1-8(2)7-9(3)5-6-10(4)11(12)13/h8-9H,4-7H2,1-3H3,(H,12,13). The summed E-state index contributed by atoms with van der Waals surface area (Å²) in [5, 5.41) is 8.58. The minimum atomic E-state index is -0.864.